The van der Waals surface area contributed by atoms with Crippen molar-refractivity contribution in [1.29, 1.82) is 0 Å². The van der Waals surface area contributed by atoms with Crippen LogP contribution in [0, 0.1) is 0 Å². The maximum Gasteiger partial charge on any atom is 0.137 e. The molecule has 2 nitrogen and oxygen atoms in total. The van der Waals surface area contributed by atoms with Gasteiger partial charge >= 0.3 is 0 Å². The lowest BCUT2D eigenvalue weighted by Crippen LogP contribution is -2.15. The molecule has 2 heteroatoms. The van der Waals surface area contributed by atoms with Gasteiger partial charge in [-0.2, -0.15) is 0 Å². The van der Waals surface area contributed by atoms with Gasteiger partial charge in [0.05, 0.1) is 6.20 Å². The molecular weight excluding hydrogens is 150 g/mol. The molecule has 12 heavy (non-hydrogen) atoms. The average molecular weight is 165 g/mol. The third-order valence-electron chi connectivity index (χ3n) is 2.41. The molecule has 0 aliphatic rings. The van der Waals surface area contributed by atoms with Gasteiger partial charge in [0.15, 0.2) is 0 Å². The molecule has 0 aliphatic heterocycles. The van der Waals surface area contributed by atoms with Crippen molar-refractivity contribution in [2.24, 2.45) is 0 Å². The molecule has 0 bridgehead atoms. The van der Waals surface area contributed by atoms with Crippen LogP contribution in [-0.4, -0.2) is 10.1 Å². The van der Waals surface area contributed by atoms with Crippen molar-refractivity contribution in [3.63, 3.8) is 0 Å². The molecule has 1 rings (SSSR count). The van der Waals surface area contributed by atoms with Crippen molar-refractivity contribution in [2.45, 2.75) is 32.6 Å². The first-order chi connectivity index (χ1) is 5.58. The molecule has 1 heterocycles. The number of hydrogen-bond donors (Lipinski definition) is 1. The van der Waals surface area contributed by atoms with Crippen LogP contribution < -0.4 is 0 Å². The first kappa shape index (κ1) is 9.04. The average Bonchev–Trinajstić information content (AvgIpc) is 2.05. The van der Waals surface area contributed by atoms with E-state index in [-0.39, 0.29) is 5.41 Å². The van der Waals surface area contributed by atoms with Gasteiger partial charge in [-0.3, -0.25) is 4.98 Å². The number of hydrogen-bond acceptors (Lipinski definition) is 2. The highest BCUT2D eigenvalue weighted by Crippen LogP contribution is 2.32. The van der Waals surface area contributed by atoms with Gasteiger partial charge in [-0.15, -0.1) is 0 Å². The summed E-state index contributed by atoms with van der Waals surface area (Å²) in [7, 11) is 0. The lowest BCUT2D eigenvalue weighted by molar-refractivity contribution is 0.426. The van der Waals surface area contributed by atoms with E-state index in [2.05, 4.69) is 25.8 Å². The third-order valence-corrected chi connectivity index (χ3v) is 2.41. The highest BCUT2D eigenvalue weighted by atomic mass is 16.3. The number of aromatic hydroxyl groups is 1. The molecule has 0 spiro atoms. The van der Waals surface area contributed by atoms with Crippen molar-refractivity contribution < 1.29 is 5.11 Å². The molecule has 1 aromatic rings. The Labute approximate surface area is 73.3 Å². The fourth-order valence-electron chi connectivity index (χ4n) is 1.15. The Kier molecular flexibility index (Phi) is 2.36. The van der Waals surface area contributed by atoms with E-state index in [1.807, 2.05) is 6.07 Å². The fourth-order valence-corrected chi connectivity index (χ4v) is 1.15. The summed E-state index contributed by atoms with van der Waals surface area (Å²) in [5, 5.41) is 9.51. The number of nitrogens with zero attached hydrogens (tertiary/aromatic N) is 1. The molecule has 1 aromatic heterocycles. The first-order valence-corrected chi connectivity index (χ1v) is 4.21. The molecule has 0 radical (unpaired) electrons. The molecule has 0 saturated heterocycles. The predicted molar refractivity (Wildman–Crippen MR) is 49.2 cm³/mol. The van der Waals surface area contributed by atoms with Crippen LogP contribution in [0.15, 0.2) is 18.5 Å². The minimum Gasteiger partial charge on any atom is -0.506 e. The smallest absolute Gasteiger partial charge is 0.137 e. The van der Waals surface area contributed by atoms with Crippen molar-refractivity contribution in [1.82, 2.24) is 4.98 Å². The first-order valence-electron chi connectivity index (χ1n) is 4.21. The monoisotopic (exact) mass is 165 g/mol. The van der Waals surface area contributed by atoms with Gasteiger partial charge in [0.25, 0.3) is 0 Å². The van der Waals surface area contributed by atoms with E-state index in [0.29, 0.717) is 5.75 Å². The summed E-state index contributed by atoms with van der Waals surface area (Å²) >= 11 is 0. The minimum absolute atomic E-state index is 0.0347. The van der Waals surface area contributed by atoms with E-state index in [9.17, 15) is 5.11 Å². The molecule has 0 aliphatic carbocycles. The van der Waals surface area contributed by atoms with E-state index >= 15 is 0 Å². The Morgan fingerprint density at radius 3 is 2.67 bits per heavy atom. The Balaban J connectivity index is 3.10. The van der Waals surface area contributed by atoms with Crippen LogP contribution in [0.3, 0.4) is 0 Å². The van der Waals surface area contributed by atoms with Crippen LogP contribution >= 0.6 is 0 Å². The zero-order valence-corrected chi connectivity index (χ0v) is 7.83. The molecule has 0 aromatic carbocycles. The second kappa shape index (κ2) is 3.13. The topological polar surface area (TPSA) is 33.1 Å². The summed E-state index contributed by atoms with van der Waals surface area (Å²) in [6, 6.07) is 1.87. The molecular formula is C10H15NO. The summed E-state index contributed by atoms with van der Waals surface area (Å²) in [5.74, 6) is 0.296. The van der Waals surface area contributed by atoms with Gasteiger partial charge in [0.1, 0.15) is 5.75 Å². The zero-order chi connectivity index (χ0) is 9.19. The molecule has 66 valence electrons. The maximum atomic E-state index is 9.51. The normalized spacial score (nSPS) is 11.6. The standard InChI is InChI=1S/C10H15NO/c1-4-10(2,3)8-5-6-11-7-9(8)12/h5-7,12H,4H2,1-3H3. The molecule has 0 fully saturated rings. The van der Waals surface area contributed by atoms with Crippen LogP contribution in [0.5, 0.6) is 5.75 Å². The molecule has 0 atom stereocenters. The van der Waals surface area contributed by atoms with Gasteiger partial charge in [0.2, 0.25) is 0 Å². The van der Waals surface area contributed by atoms with E-state index in [0.717, 1.165) is 12.0 Å². The quantitative estimate of drug-likeness (QED) is 0.730. The Morgan fingerprint density at radius 2 is 2.17 bits per heavy atom. The lowest BCUT2D eigenvalue weighted by atomic mass is 9.82. The zero-order valence-electron chi connectivity index (χ0n) is 7.83. The SMILES string of the molecule is CCC(C)(C)c1ccncc1O. The van der Waals surface area contributed by atoms with E-state index in [1.165, 1.54) is 6.20 Å². The Morgan fingerprint density at radius 1 is 1.50 bits per heavy atom. The molecule has 0 saturated carbocycles. The Hall–Kier alpha value is -1.05. The number of aromatic nitrogens is 1. The van der Waals surface area contributed by atoms with Crippen LogP contribution in [0.4, 0.5) is 0 Å². The third kappa shape index (κ3) is 1.58. The van der Waals surface area contributed by atoms with Gasteiger partial charge in [0, 0.05) is 11.8 Å². The second-order valence-electron chi connectivity index (χ2n) is 3.63. The van der Waals surface area contributed by atoms with Gasteiger partial charge in [-0.1, -0.05) is 20.8 Å². The summed E-state index contributed by atoms with van der Waals surface area (Å²) in [6.45, 7) is 6.34. The summed E-state index contributed by atoms with van der Waals surface area (Å²) in [5.41, 5.74) is 1.01. The summed E-state index contributed by atoms with van der Waals surface area (Å²) in [4.78, 5) is 3.84. The van der Waals surface area contributed by atoms with Crippen molar-refractivity contribution in [3.8, 4) is 5.75 Å². The van der Waals surface area contributed by atoms with E-state index in [4.69, 9.17) is 0 Å². The lowest BCUT2D eigenvalue weighted by Gasteiger charge is -2.23. The van der Waals surface area contributed by atoms with Crippen molar-refractivity contribution >= 4 is 0 Å². The van der Waals surface area contributed by atoms with Crippen LogP contribution in [0.2, 0.25) is 0 Å². The Bertz CT molecular complexity index is 268. The van der Waals surface area contributed by atoms with Gasteiger partial charge in [-0.05, 0) is 17.9 Å². The van der Waals surface area contributed by atoms with E-state index in [1.54, 1.807) is 6.20 Å². The van der Waals surface area contributed by atoms with Crippen LogP contribution in [0.25, 0.3) is 0 Å². The predicted octanol–water partition coefficient (Wildman–Crippen LogP) is 2.47. The highest BCUT2D eigenvalue weighted by Gasteiger charge is 2.20. The van der Waals surface area contributed by atoms with Crippen molar-refractivity contribution in [2.75, 3.05) is 0 Å². The summed E-state index contributed by atoms with van der Waals surface area (Å²) in [6.07, 6.45) is 4.21. The fraction of sp³-hybridized carbons (Fsp3) is 0.500. The van der Waals surface area contributed by atoms with Gasteiger partial charge in [-0.25, -0.2) is 0 Å². The van der Waals surface area contributed by atoms with Crippen LogP contribution in [-0.2, 0) is 5.41 Å². The highest BCUT2D eigenvalue weighted by molar-refractivity contribution is 5.34. The second-order valence-corrected chi connectivity index (χ2v) is 3.63. The van der Waals surface area contributed by atoms with Crippen LogP contribution in [0.1, 0.15) is 32.8 Å². The minimum atomic E-state index is 0.0347. The van der Waals surface area contributed by atoms with Crippen molar-refractivity contribution in [3.05, 3.63) is 24.0 Å². The van der Waals surface area contributed by atoms with E-state index < -0.39 is 0 Å². The maximum absolute atomic E-state index is 9.51. The number of rotatable bonds is 2. The largest absolute Gasteiger partial charge is 0.506 e. The number of pyridine rings is 1. The summed E-state index contributed by atoms with van der Waals surface area (Å²) < 4.78 is 0. The molecule has 0 unspecified atom stereocenters. The van der Waals surface area contributed by atoms with Gasteiger partial charge < -0.3 is 5.11 Å². The molecule has 0 amide bonds. The molecule has 1 N–H and O–H groups in total.